The molecule has 0 spiro atoms. The summed E-state index contributed by atoms with van der Waals surface area (Å²) in [5.74, 6) is -0.888. The second-order valence-corrected chi connectivity index (χ2v) is 8.61. The molecule has 1 N–H and O–H groups in total. The molecule has 0 radical (unpaired) electrons. The number of nitrogens with one attached hydrogen (secondary N) is 1. The van der Waals surface area contributed by atoms with E-state index in [4.69, 9.17) is 4.74 Å². The molecular formula is C21H27FN2O4S. The summed E-state index contributed by atoms with van der Waals surface area (Å²) in [6.07, 6.45) is 0. The van der Waals surface area contributed by atoms with Crippen LogP contribution in [-0.4, -0.2) is 38.8 Å². The van der Waals surface area contributed by atoms with Gasteiger partial charge in [0.25, 0.3) is 5.91 Å². The molecule has 2 aromatic carbocycles. The van der Waals surface area contributed by atoms with Crippen LogP contribution >= 0.6 is 0 Å². The predicted octanol–water partition coefficient (Wildman–Crippen LogP) is 3.66. The minimum atomic E-state index is -3.80. The monoisotopic (exact) mass is 422 g/mol. The standard InChI is InChI=1S/C21H27FN2O4S/c1-6-24(7-2)29(26,27)16-9-10-19(22)18(13-16)21(25)23-15(4)17-12-14(3)8-11-20(17)28-5/h8-13,15H,6-7H2,1-5H3,(H,23,25). The lowest BCUT2D eigenvalue weighted by atomic mass is 10.0. The first-order chi connectivity index (χ1) is 13.6. The SMILES string of the molecule is CCN(CC)S(=O)(=O)c1ccc(F)c(C(=O)NC(C)c2cc(C)ccc2OC)c1. The quantitative estimate of drug-likeness (QED) is 0.704. The second kappa shape index (κ2) is 9.37. The van der Waals surface area contributed by atoms with Crippen LogP contribution in [0, 0.1) is 12.7 Å². The molecule has 2 rings (SSSR count). The van der Waals surface area contributed by atoms with E-state index in [9.17, 15) is 17.6 Å². The van der Waals surface area contributed by atoms with Gasteiger partial charge in [0.1, 0.15) is 11.6 Å². The molecule has 1 unspecified atom stereocenters. The number of carbonyl (C=O) groups is 1. The summed E-state index contributed by atoms with van der Waals surface area (Å²) in [4.78, 5) is 12.6. The van der Waals surface area contributed by atoms with Crippen LogP contribution in [0.2, 0.25) is 0 Å². The van der Waals surface area contributed by atoms with E-state index in [1.54, 1.807) is 26.8 Å². The van der Waals surface area contributed by atoms with Crippen molar-refractivity contribution in [1.82, 2.24) is 9.62 Å². The Morgan fingerprint density at radius 3 is 2.41 bits per heavy atom. The van der Waals surface area contributed by atoms with Crippen molar-refractivity contribution in [1.29, 1.82) is 0 Å². The third kappa shape index (κ3) is 4.94. The smallest absolute Gasteiger partial charge is 0.254 e. The van der Waals surface area contributed by atoms with E-state index in [0.29, 0.717) is 5.75 Å². The molecule has 0 aromatic heterocycles. The van der Waals surface area contributed by atoms with Crippen LogP contribution in [0.15, 0.2) is 41.3 Å². The Hall–Kier alpha value is -2.45. The van der Waals surface area contributed by atoms with E-state index in [2.05, 4.69) is 5.32 Å². The molecule has 0 bridgehead atoms. The van der Waals surface area contributed by atoms with Crippen molar-refractivity contribution >= 4 is 15.9 Å². The predicted molar refractivity (Wildman–Crippen MR) is 110 cm³/mol. The van der Waals surface area contributed by atoms with Gasteiger partial charge in [0.2, 0.25) is 10.0 Å². The average molecular weight is 423 g/mol. The van der Waals surface area contributed by atoms with Crippen LogP contribution in [0.25, 0.3) is 0 Å². The molecule has 0 saturated carbocycles. The van der Waals surface area contributed by atoms with Gasteiger partial charge >= 0.3 is 0 Å². The van der Waals surface area contributed by atoms with Crippen LogP contribution in [0.5, 0.6) is 5.75 Å². The lowest BCUT2D eigenvalue weighted by molar-refractivity contribution is 0.0935. The highest BCUT2D eigenvalue weighted by Crippen LogP contribution is 2.27. The molecule has 0 heterocycles. The average Bonchev–Trinajstić information content (AvgIpc) is 2.68. The Morgan fingerprint density at radius 1 is 1.17 bits per heavy atom. The van der Waals surface area contributed by atoms with Gasteiger partial charge in [-0.15, -0.1) is 0 Å². The van der Waals surface area contributed by atoms with E-state index in [1.807, 2.05) is 19.1 Å². The summed E-state index contributed by atoms with van der Waals surface area (Å²) in [6.45, 7) is 7.66. The van der Waals surface area contributed by atoms with Gasteiger partial charge in [-0.1, -0.05) is 31.5 Å². The number of amides is 1. The Balaban J connectivity index is 2.35. The number of hydrogen-bond acceptors (Lipinski definition) is 4. The molecule has 0 aliphatic carbocycles. The van der Waals surface area contributed by atoms with Crippen LogP contribution in [0.3, 0.4) is 0 Å². The summed E-state index contributed by atoms with van der Waals surface area (Å²) in [7, 11) is -2.27. The number of benzene rings is 2. The molecule has 2 aromatic rings. The Morgan fingerprint density at radius 2 is 1.83 bits per heavy atom. The molecule has 1 atom stereocenters. The van der Waals surface area contributed by atoms with Crippen molar-refractivity contribution < 1.29 is 22.3 Å². The van der Waals surface area contributed by atoms with Gasteiger partial charge in [-0.05, 0) is 38.1 Å². The number of halogens is 1. The number of aryl methyl sites for hydroxylation is 1. The van der Waals surface area contributed by atoms with Crippen LogP contribution in [0.4, 0.5) is 4.39 Å². The first-order valence-corrected chi connectivity index (χ1v) is 10.8. The summed E-state index contributed by atoms with van der Waals surface area (Å²) in [5, 5.41) is 2.72. The van der Waals surface area contributed by atoms with Gasteiger partial charge in [-0.25, -0.2) is 12.8 Å². The van der Waals surface area contributed by atoms with Crippen LogP contribution < -0.4 is 10.1 Å². The number of rotatable bonds is 8. The largest absolute Gasteiger partial charge is 0.496 e. The van der Waals surface area contributed by atoms with E-state index >= 15 is 0 Å². The fraction of sp³-hybridized carbons (Fsp3) is 0.381. The van der Waals surface area contributed by atoms with Crippen molar-refractivity contribution in [3.8, 4) is 5.75 Å². The zero-order chi connectivity index (χ0) is 21.8. The third-order valence-corrected chi connectivity index (χ3v) is 6.77. The molecule has 0 saturated heterocycles. The molecule has 29 heavy (non-hydrogen) atoms. The van der Waals surface area contributed by atoms with Crippen molar-refractivity contribution in [3.05, 3.63) is 58.9 Å². The highest BCUT2D eigenvalue weighted by atomic mass is 32.2. The maximum absolute atomic E-state index is 14.3. The number of nitrogens with zero attached hydrogens (tertiary/aromatic N) is 1. The number of methoxy groups -OCH3 is 1. The lowest BCUT2D eigenvalue weighted by Gasteiger charge is -2.20. The number of sulfonamides is 1. The van der Waals surface area contributed by atoms with Gasteiger partial charge in [-0.3, -0.25) is 4.79 Å². The summed E-state index contributed by atoms with van der Waals surface area (Å²) in [6, 6.07) is 8.35. The maximum atomic E-state index is 14.3. The van der Waals surface area contributed by atoms with Crippen LogP contribution in [0.1, 0.15) is 48.3 Å². The van der Waals surface area contributed by atoms with Crippen molar-refractivity contribution in [2.24, 2.45) is 0 Å². The fourth-order valence-corrected chi connectivity index (χ4v) is 4.58. The summed E-state index contributed by atoms with van der Waals surface area (Å²) >= 11 is 0. The molecule has 0 aliphatic heterocycles. The molecule has 158 valence electrons. The lowest BCUT2D eigenvalue weighted by Crippen LogP contribution is -2.31. The zero-order valence-electron chi connectivity index (χ0n) is 17.3. The Bertz CT molecular complexity index is 988. The van der Waals surface area contributed by atoms with Gasteiger partial charge < -0.3 is 10.1 Å². The molecule has 0 aliphatic rings. The topological polar surface area (TPSA) is 75.7 Å². The fourth-order valence-electron chi connectivity index (χ4n) is 3.10. The molecule has 6 nitrogen and oxygen atoms in total. The zero-order valence-corrected chi connectivity index (χ0v) is 18.1. The number of ether oxygens (including phenoxy) is 1. The van der Waals surface area contributed by atoms with Crippen molar-refractivity contribution in [3.63, 3.8) is 0 Å². The molecule has 1 amide bonds. The van der Waals surface area contributed by atoms with Crippen molar-refractivity contribution in [2.45, 2.75) is 38.6 Å². The minimum Gasteiger partial charge on any atom is -0.496 e. The number of carbonyl (C=O) groups excluding carboxylic acids is 1. The molecule has 8 heteroatoms. The van der Waals surface area contributed by atoms with E-state index < -0.39 is 27.8 Å². The van der Waals surface area contributed by atoms with E-state index in [1.165, 1.54) is 17.5 Å². The minimum absolute atomic E-state index is 0.117. The first-order valence-electron chi connectivity index (χ1n) is 9.40. The van der Waals surface area contributed by atoms with Gasteiger partial charge in [0.15, 0.2) is 0 Å². The second-order valence-electron chi connectivity index (χ2n) is 6.67. The summed E-state index contributed by atoms with van der Waals surface area (Å²) in [5.41, 5.74) is 1.41. The van der Waals surface area contributed by atoms with Crippen molar-refractivity contribution in [2.75, 3.05) is 20.2 Å². The van der Waals surface area contributed by atoms with Gasteiger partial charge in [0.05, 0.1) is 23.6 Å². The summed E-state index contributed by atoms with van der Waals surface area (Å²) < 4.78 is 46.3. The highest BCUT2D eigenvalue weighted by molar-refractivity contribution is 7.89. The third-order valence-electron chi connectivity index (χ3n) is 4.72. The van der Waals surface area contributed by atoms with Gasteiger partial charge in [-0.2, -0.15) is 4.31 Å². The maximum Gasteiger partial charge on any atom is 0.254 e. The van der Waals surface area contributed by atoms with Gasteiger partial charge in [0, 0.05) is 18.7 Å². The molecule has 0 fully saturated rings. The van der Waals surface area contributed by atoms with Crippen LogP contribution in [-0.2, 0) is 10.0 Å². The Labute approximate surface area is 171 Å². The van der Waals surface area contributed by atoms with E-state index in [0.717, 1.165) is 23.3 Å². The molecular weight excluding hydrogens is 395 g/mol. The number of hydrogen-bond donors (Lipinski definition) is 1. The highest BCUT2D eigenvalue weighted by Gasteiger charge is 2.25. The van der Waals surface area contributed by atoms with E-state index in [-0.39, 0.29) is 23.5 Å². The normalized spacial score (nSPS) is 12.7. The first kappa shape index (κ1) is 22.8. The Kier molecular flexibility index (Phi) is 7.37.